The Morgan fingerprint density at radius 3 is 2.27 bits per heavy atom. The Balaban J connectivity index is 1.29. The first kappa shape index (κ1) is 22.7. The Labute approximate surface area is 202 Å². The largest absolute Gasteiger partial charge is 0.458 e. The van der Waals surface area contributed by atoms with Gasteiger partial charge in [0.25, 0.3) is 0 Å². The Morgan fingerprint density at radius 1 is 1.00 bits per heavy atom. The Morgan fingerprint density at radius 2 is 1.67 bits per heavy atom. The van der Waals surface area contributed by atoms with Crippen LogP contribution in [-0.2, 0) is 26.5 Å². The molecule has 5 heterocycles. The van der Waals surface area contributed by atoms with Crippen molar-refractivity contribution in [2.45, 2.75) is 43.6 Å². The van der Waals surface area contributed by atoms with Crippen LogP contribution in [0.1, 0.15) is 34.6 Å². The quantitative estimate of drug-likeness (QED) is 0.354. The number of aliphatic hydroxyl groups is 1. The summed E-state index contributed by atoms with van der Waals surface area (Å²) in [7, 11) is 0. The SMILES string of the molecule is O=C(O[C@@H]1C2CCN(CC2)C1CCOCc1ccccc1)C(O)(c1cccs1)c1cccs1. The second kappa shape index (κ2) is 10.1. The molecule has 174 valence electrons. The summed E-state index contributed by atoms with van der Waals surface area (Å²) in [4.78, 5) is 17.2. The minimum Gasteiger partial charge on any atom is -0.458 e. The highest BCUT2D eigenvalue weighted by atomic mass is 32.1. The Hall–Kier alpha value is -2.03. The van der Waals surface area contributed by atoms with Crippen LogP contribution in [0.3, 0.4) is 0 Å². The van der Waals surface area contributed by atoms with Gasteiger partial charge in [0.15, 0.2) is 0 Å². The number of piperidine rings is 3. The molecule has 1 N–H and O–H groups in total. The van der Waals surface area contributed by atoms with Crippen LogP contribution in [0.15, 0.2) is 65.4 Å². The molecule has 2 aromatic heterocycles. The number of carbonyl (C=O) groups is 1. The van der Waals surface area contributed by atoms with Gasteiger partial charge in [0.1, 0.15) is 6.10 Å². The van der Waals surface area contributed by atoms with Gasteiger partial charge >= 0.3 is 5.97 Å². The smallest absolute Gasteiger partial charge is 0.349 e. The van der Waals surface area contributed by atoms with Crippen molar-refractivity contribution < 1.29 is 19.4 Å². The molecule has 3 saturated heterocycles. The van der Waals surface area contributed by atoms with Crippen LogP contribution in [0.25, 0.3) is 0 Å². The molecule has 0 spiro atoms. The maximum Gasteiger partial charge on any atom is 0.349 e. The van der Waals surface area contributed by atoms with Gasteiger partial charge in [-0.25, -0.2) is 4.79 Å². The highest BCUT2D eigenvalue weighted by molar-refractivity contribution is 7.12. The van der Waals surface area contributed by atoms with Crippen LogP contribution in [0.4, 0.5) is 0 Å². The lowest BCUT2D eigenvalue weighted by atomic mass is 9.79. The summed E-state index contributed by atoms with van der Waals surface area (Å²) in [6, 6.07) is 17.6. The van der Waals surface area contributed by atoms with Crippen molar-refractivity contribution in [3.8, 4) is 0 Å². The van der Waals surface area contributed by atoms with E-state index in [-0.39, 0.29) is 12.1 Å². The van der Waals surface area contributed by atoms with E-state index in [0.29, 0.717) is 28.9 Å². The van der Waals surface area contributed by atoms with Crippen molar-refractivity contribution >= 4 is 28.6 Å². The molecule has 3 fully saturated rings. The second-order valence-electron chi connectivity index (χ2n) is 8.80. The number of fused-ring (bicyclic) bond motifs is 3. The van der Waals surface area contributed by atoms with Crippen LogP contribution in [0, 0.1) is 5.92 Å². The molecule has 1 unspecified atom stereocenters. The summed E-state index contributed by atoms with van der Waals surface area (Å²) in [5.74, 6) is -0.240. The highest BCUT2D eigenvalue weighted by Gasteiger charge is 2.49. The topological polar surface area (TPSA) is 59.0 Å². The zero-order chi connectivity index (χ0) is 22.7. The minimum atomic E-state index is -1.76. The monoisotopic (exact) mass is 483 g/mol. The number of carbonyl (C=O) groups excluding carboxylic acids is 1. The van der Waals surface area contributed by atoms with Gasteiger partial charge in [0.05, 0.1) is 16.4 Å². The average Bonchev–Trinajstić information content (AvgIpc) is 3.59. The predicted octanol–water partition coefficient (Wildman–Crippen LogP) is 4.66. The van der Waals surface area contributed by atoms with E-state index in [2.05, 4.69) is 17.0 Å². The number of nitrogens with zero attached hydrogens (tertiary/aromatic N) is 1. The maximum atomic E-state index is 13.6. The molecule has 3 aliphatic heterocycles. The van der Waals surface area contributed by atoms with Crippen molar-refractivity contribution in [3.05, 3.63) is 80.7 Å². The van der Waals surface area contributed by atoms with Gasteiger partial charge in [-0.15, -0.1) is 22.7 Å². The maximum absolute atomic E-state index is 13.6. The molecule has 0 aliphatic carbocycles. The molecule has 5 nitrogen and oxygen atoms in total. The molecule has 2 bridgehead atoms. The van der Waals surface area contributed by atoms with Gasteiger partial charge in [0.2, 0.25) is 5.60 Å². The Bertz CT molecular complexity index is 980. The van der Waals surface area contributed by atoms with E-state index in [9.17, 15) is 9.90 Å². The van der Waals surface area contributed by atoms with E-state index in [1.54, 1.807) is 12.1 Å². The molecular formula is C26H29NO4S2. The van der Waals surface area contributed by atoms with Crippen LogP contribution >= 0.6 is 22.7 Å². The van der Waals surface area contributed by atoms with Gasteiger partial charge in [-0.2, -0.15) is 0 Å². The third-order valence-electron chi connectivity index (χ3n) is 6.85. The van der Waals surface area contributed by atoms with Gasteiger partial charge in [-0.1, -0.05) is 42.5 Å². The first-order valence-corrected chi connectivity index (χ1v) is 13.3. The van der Waals surface area contributed by atoms with Crippen molar-refractivity contribution in [2.75, 3.05) is 19.7 Å². The fourth-order valence-electron chi connectivity index (χ4n) is 5.09. The summed E-state index contributed by atoms with van der Waals surface area (Å²) in [6.07, 6.45) is 2.62. The zero-order valence-electron chi connectivity index (χ0n) is 18.5. The number of benzene rings is 1. The summed E-state index contributed by atoms with van der Waals surface area (Å²) in [5, 5.41) is 15.4. The number of hydrogen-bond acceptors (Lipinski definition) is 7. The zero-order valence-corrected chi connectivity index (χ0v) is 20.1. The van der Waals surface area contributed by atoms with Crippen LogP contribution in [0.5, 0.6) is 0 Å². The third kappa shape index (κ3) is 4.66. The van der Waals surface area contributed by atoms with Crippen molar-refractivity contribution in [3.63, 3.8) is 0 Å². The van der Waals surface area contributed by atoms with E-state index >= 15 is 0 Å². The molecule has 1 aromatic carbocycles. The van der Waals surface area contributed by atoms with Gasteiger partial charge in [-0.3, -0.25) is 4.90 Å². The number of hydrogen-bond donors (Lipinski definition) is 1. The fraction of sp³-hybridized carbons (Fsp3) is 0.423. The standard InChI is InChI=1S/C26H29NO4S2/c28-25(26(29,22-8-4-16-32-22)23-9-5-17-33-23)31-24-20-10-13-27(14-11-20)21(24)12-15-30-18-19-6-2-1-3-7-19/h1-9,16-17,20-21,24,29H,10-15,18H2/t21?,24-/m1/s1. The fourth-order valence-corrected chi connectivity index (χ4v) is 6.81. The van der Waals surface area contributed by atoms with Crippen LogP contribution < -0.4 is 0 Å². The number of ether oxygens (including phenoxy) is 2. The lowest BCUT2D eigenvalue weighted by Crippen LogP contribution is -2.60. The summed E-state index contributed by atoms with van der Waals surface area (Å²) >= 11 is 2.75. The van der Waals surface area contributed by atoms with Crippen LogP contribution in [-0.4, -0.2) is 47.8 Å². The van der Waals surface area contributed by atoms with Crippen molar-refractivity contribution in [1.82, 2.24) is 4.90 Å². The number of thiophene rings is 2. The third-order valence-corrected chi connectivity index (χ3v) is 8.81. The minimum absolute atomic E-state index is 0.119. The summed E-state index contributed by atoms with van der Waals surface area (Å²) < 4.78 is 12.1. The molecule has 6 rings (SSSR count). The molecule has 7 heteroatoms. The summed E-state index contributed by atoms with van der Waals surface area (Å²) in [6.45, 7) is 3.25. The Kier molecular flexibility index (Phi) is 6.94. The number of esters is 1. The summed E-state index contributed by atoms with van der Waals surface area (Å²) in [5.41, 5.74) is -0.606. The van der Waals surface area contributed by atoms with Crippen molar-refractivity contribution in [1.29, 1.82) is 0 Å². The van der Waals surface area contributed by atoms with E-state index in [4.69, 9.17) is 9.47 Å². The molecule has 0 radical (unpaired) electrons. The predicted molar refractivity (Wildman–Crippen MR) is 130 cm³/mol. The van der Waals surface area contributed by atoms with Gasteiger partial charge in [-0.05, 0) is 66.7 Å². The van der Waals surface area contributed by atoms with E-state index < -0.39 is 11.6 Å². The first-order chi connectivity index (χ1) is 16.2. The van der Waals surface area contributed by atoms with Crippen molar-refractivity contribution in [2.24, 2.45) is 5.92 Å². The molecule has 3 aliphatic rings. The van der Waals surface area contributed by atoms with Gasteiger partial charge in [0, 0.05) is 12.6 Å². The molecular weight excluding hydrogens is 454 g/mol. The molecule has 2 atom stereocenters. The second-order valence-corrected chi connectivity index (χ2v) is 10.7. The van der Waals surface area contributed by atoms with E-state index in [1.807, 2.05) is 41.1 Å². The molecule has 0 saturated carbocycles. The van der Waals surface area contributed by atoms with Crippen LogP contribution in [0.2, 0.25) is 0 Å². The van der Waals surface area contributed by atoms with E-state index in [1.165, 1.54) is 22.7 Å². The molecule has 0 amide bonds. The normalized spacial score (nSPS) is 24.6. The molecule has 33 heavy (non-hydrogen) atoms. The average molecular weight is 484 g/mol. The number of rotatable bonds is 9. The first-order valence-electron chi connectivity index (χ1n) is 11.5. The lowest BCUT2D eigenvalue weighted by molar-refractivity contribution is -0.184. The highest BCUT2D eigenvalue weighted by Crippen LogP contribution is 2.40. The lowest BCUT2D eigenvalue weighted by Gasteiger charge is -2.50. The van der Waals surface area contributed by atoms with E-state index in [0.717, 1.165) is 37.9 Å². The van der Waals surface area contributed by atoms with Gasteiger partial charge < -0.3 is 14.6 Å². The molecule has 3 aromatic rings.